The Bertz CT molecular complexity index is 392. The molecule has 1 atom stereocenters. The molecule has 0 fully saturated rings. The second-order valence-electron chi connectivity index (χ2n) is 3.15. The number of benzene rings is 1. The summed E-state index contributed by atoms with van der Waals surface area (Å²) in [4.78, 5) is 0. The Morgan fingerprint density at radius 2 is 2.27 bits per heavy atom. The quantitative estimate of drug-likeness (QED) is 0.831. The topological polar surface area (TPSA) is 12.0 Å². The zero-order valence-corrected chi connectivity index (χ0v) is 10.4. The van der Waals surface area contributed by atoms with Crippen molar-refractivity contribution in [1.82, 2.24) is 5.32 Å². The van der Waals surface area contributed by atoms with Gasteiger partial charge < -0.3 is 5.32 Å². The first-order valence-electron chi connectivity index (χ1n) is 4.71. The van der Waals surface area contributed by atoms with E-state index in [0.717, 1.165) is 5.56 Å². The summed E-state index contributed by atoms with van der Waals surface area (Å²) in [5.74, 6) is 5.58. The first-order chi connectivity index (χ1) is 7.19. The maximum absolute atomic E-state index is 13.3. The van der Waals surface area contributed by atoms with Crippen LogP contribution in [-0.2, 0) is 0 Å². The fourth-order valence-corrected chi connectivity index (χ4v) is 1.57. The Hall–Kier alpha value is -0.850. The van der Waals surface area contributed by atoms with Crippen LogP contribution in [0.5, 0.6) is 0 Å². The van der Waals surface area contributed by atoms with Gasteiger partial charge in [-0.05, 0) is 47.6 Å². The first kappa shape index (κ1) is 12.2. The molecule has 15 heavy (non-hydrogen) atoms. The van der Waals surface area contributed by atoms with Crippen LogP contribution in [0.15, 0.2) is 22.7 Å². The van der Waals surface area contributed by atoms with Gasteiger partial charge in [0, 0.05) is 12.5 Å². The Morgan fingerprint density at radius 1 is 1.53 bits per heavy atom. The number of rotatable bonds is 3. The van der Waals surface area contributed by atoms with Crippen LogP contribution >= 0.6 is 15.9 Å². The first-order valence-corrected chi connectivity index (χ1v) is 5.50. The molecule has 0 spiro atoms. The van der Waals surface area contributed by atoms with E-state index in [9.17, 15) is 4.39 Å². The van der Waals surface area contributed by atoms with Crippen molar-refractivity contribution >= 4 is 15.9 Å². The van der Waals surface area contributed by atoms with Crippen LogP contribution in [0, 0.1) is 17.7 Å². The van der Waals surface area contributed by atoms with Crippen LogP contribution in [0.3, 0.4) is 0 Å². The van der Waals surface area contributed by atoms with Crippen molar-refractivity contribution < 1.29 is 4.39 Å². The summed E-state index contributed by atoms with van der Waals surface area (Å²) >= 11 is 3.13. The van der Waals surface area contributed by atoms with Crippen molar-refractivity contribution in [2.24, 2.45) is 0 Å². The average molecular weight is 270 g/mol. The zero-order chi connectivity index (χ0) is 11.3. The normalized spacial score (nSPS) is 11.7. The van der Waals surface area contributed by atoms with Crippen LogP contribution in [0.4, 0.5) is 4.39 Å². The third-order valence-corrected chi connectivity index (χ3v) is 2.82. The van der Waals surface area contributed by atoms with Gasteiger partial charge in [-0.3, -0.25) is 0 Å². The molecule has 1 rings (SSSR count). The summed E-state index contributed by atoms with van der Waals surface area (Å²) in [5, 5.41) is 3.12. The van der Waals surface area contributed by atoms with E-state index in [1.807, 2.05) is 13.1 Å². The molecule has 0 aliphatic rings. The molecule has 0 aliphatic heterocycles. The number of hydrogen-bond acceptors (Lipinski definition) is 1. The molecule has 0 aliphatic carbocycles. The van der Waals surface area contributed by atoms with Crippen molar-refractivity contribution in [3.63, 3.8) is 0 Å². The number of nitrogens with one attached hydrogen (secondary N) is 1. The Kier molecular flexibility index (Phi) is 4.80. The van der Waals surface area contributed by atoms with Gasteiger partial charge in [0.1, 0.15) is 5.82 Å². The molecular formula is C12H13BrFN. The van der Waals surface area contributed by atoms with Gasteiger partial charge in [-0.2, -0.15) is 0 Å². The fraction of sp³-hybridized carbons (Fsp3) is 0.333. The minimum atomic E-state index is -0.239. The lowest BCUT2D eigenvalue weighted by molar-refractivity contribution is 0.587. The molecule has 0 amide bonds. The highest BCUT2D eigenvalue weighted by atomic mass is 79.9. The van der Waals surface area contributed by atoms with Crippen molar-refractivity contribution in [1.29, 1.82) is 0 Å². The predicted molar refractivity (Wildman–Crippen MR) is 64.0 cm³/mol. The monoisotopic (exact) mass is 269 g/mol. The molecule has 1 nitrogen and oxygen atoms in total. The molecule has 1 unspecified atom stereocenters. The lowest BCUT2D eigenvalue weighted by Gasteiger charge is -2.13. The Labute approximate surface area is 98.2 Å². The molecule has 3 heteroatoms. The van der Waals surface area contributed by atoms with Crippen LogP contribution < -0.4 is 5.32 Å². The smallest absolute Gasteiger partial charge is 0.137 e. The van der Waals surface area contributed by atoms with E-state index in [2.05, 4.69) is 33.1 Å². The summed E-state index contributed by atoms with van der Waals surface area (Å²) in [5.41, 5.74) is 0.918. The minimum Gasteiger partial charge on any atom is -0.312 e. The van der Waals surface area contributed by atoms with Crippen molar-refractivity contribution in [2.45, 2.75) is 19.4 Å². The summed E-state index contributed by atoms with van der Waals surface area (Å²) in [6.45, 7) is 1.80. The SMILES string of the molecule is CC#CCC(NC)c1ccc(Br)c(F)c1. The predicted octanol–water partition coefficient (Wildman–Crippen LogP) is 3.26. The highest BCUT2D eigenvalue weighted by molar-refractivity contribution is 9.10. The largest absolute Gasteiger partial charge is 0.312 e. The lowest BCUT2D eigenvalue weighted by atomic mass is 10.0. The molecule has 0 radical (unpaired) electrons. The highest BCUT2D eigenvalue weighted by Gasteiger charge is 2.09. The third kappa shape index (κ3) is 3.33. The molecule has 80 valence electrons. The van der Waals surface area contributed by atoms with E-state index in [4.69, 9.17) is 0 Å². The zero-order valence-electron chi connectivity index (χ0n) is 8.77. The standard InChI is InChI=1S/C12H13BrFN/c1-3-4-5-12(15-2)9-6-7-10(13)11(14)8-9/h6-8,12,15H,5H2,1-2H3. The molecule has 1 aromatic carbocycles. The Balaban J connectivity index is 2.90. The molecule has 1 aromatic rings. The highest BCUT2D eigenvalue weighted by Crippen LogP contribution is 2.22. The summed E-state index contributed by atoms with van der Waals surface area (Å²) in [7, 11) is 1.85. The molecule has 0 bridgehead atoms. The van der Waals surface area contributed by atoms with E-state index in [1.54, 1.807) is 13.0 Å². The second kappa shape index (κ2) is 5.89. The van der Waals surface area contributed by atoms with Gasteiger partial charge in [-0.25, -0.2) is 4.39 Å². The summed E-state index contributed by atoms with van der Waals surface area (Å²) in [6.07, 6.45) is 0.689. The van der Waals surface area contributed by atoms with E-state index >= 15 is 0 Å². The van der Waals surface area contributed by atoms with Crippen LogP contribution in [0.1, 0.15) is 24.9 Å². The van der Waals surface area contributed by atoms with Gasteiger partial charge in [-0.15, -0.1) is 11.8 Å². The van der Waals surface area contributed by atoms with Gasteiger partial charge in [0.2, 0.25) is 0 Å². The van der Waals surface area contributed by atoms with Gasteiger partial charge >= 0.3 is 0 Å². The van der Waals surface area contributed by atoms with E-state index in [0.29, 0.717) is 10.9 Å². The Morgan fingerprint density at radius 3 is 2.80 bits per heavy atom. The molecule has 0 saturated carbocycles. The molecule has 0 aromatic heterocycles. The van der Waals surface area contributed by atoms with Crippen molar-refractivity contribution in [3.8, 4) is 11.8 Å². The summed E-state index contributed by atoms with van der Waals surface area (Å²) in [6, 6.07) is 5.22. The second-order valence-corrected chi connectivity index (χ2v) is 4.00. The van der Waals surface area contributed by atoms with E-state index < -0.39 is 0 Å². The molecule has 0 heterocycles. The van der Waals surface area contributed by atoms with Crippen LogP contribution in [-0.4, -0.2) is 7.05 Å². The fourth-order valence-electron chi connectivity index (χ4n) is 1.32. The van der Waals surface area contributed by atoms with Crippen molar-refractivity contribution in [2.75, 3.05) is 7.05 Å². The lowest BCUT2D eigenvalue weighted by Crippen LogP contribution is -2.15. The van der Waals surface area contributed by atoms with Gasteiger partial charge in [0.15, 0.2) is 0 Å². The minimum absolute atomic E-state index is 0.0834. The molecular weight excluding hydrogens is 257 g/mol. The van der Waals surface area contributed by atoms with Gasteiger partial charge in [0.25, 0.3) is 0 Å². The average Bonchev–Trinajstić information content (AvgIpc) is 2.24. The van der Waals surface area contributed by atoms with Gasteiger partial charge in [-0.1, -0.05) is 6.07 Å². The number of hydrogen-bond donors (Lipinski definition) is 1. The number of halogens is 2. The van der Waals surface area contributed by atoms with Crippen molar-refractivity contribution in [3.05, 3.63) is 34.1 Å². The maximum atomic E-state index is 13.3. The van der Waals surface area contributed by atoms with Crippen LogP contribution in [0.25, 0.3) is 0 Å². The molecule has 0 saturated heterocycles. The van der Waals surface area contributed by atoms with Gasteiger partial charge in [0.05, 0.1) is 4.47 Å². The molecule has 1 N–H and O–H groups in total. The van der Waals surface area contributed by atoms with Crippen LogP contribution in [0.2, 0.25) is 0 Å². The van der Waals surface area contributed by atoms with E-state index in [-0.39, 0.29) is 11.9 Å². The third-order valence-electron chi connectivity index (χ3n) is 2.18. The maximum Gasteiger partial charge on any atom is 0.137 e. The summed E-state index contributed by atoms with van der Waals surface area (Å²) < 4.78 is 13.8. The van der Waals surface area contributed by atoms with E-state index in [1.165, 1.54) is 6.07 Å².